The van der Waals surface area contributed by atoms with Crippen molar-refractivity contribution in [2.75, 3.05) is 0 Å². The van der Waals surface area contributed by atoms with E-state index in [9.17, 15) is 4.79 Å². The van der Waals surface area contributed by atoms with E-state index in [1.165, 1.54) is 0 Å². The minimum absolute atomic E-state index is 0.0251. The number of hydrogen-bond acceptors (Lipinski definition) is 2. The Morgan fingerprint density at radius 2 is 2.25 bits per heavy atom. The van der Waals surface area contributed by atoms with Crippen LogP contribution in [0, 0.1) is 6.92 Å². The van der Waals surface area contributed by atoms with Crippen molar-refractivity contribution in [3.05, 3.63) is 57.5 Å². The van der Waals surface area contributed by atoms with Gasteiger partial charge in [-0.05, 0) is 43.5 Å². The maximum Gasteiger partial charge on any atom is 0.252 e. The minimum atomic E-state index is -0.0251. The Morgan fingerprint density at radius 3 is 3.10 bits per heavy atom. The lowest BCUT2D eigenvalue weighted by molar-refractivity contribution is 0.0931. The molecule has 1 aromatic carbocycles. The molecule has 3 rings (SSSR count). The maximum absolute atomic E-state index is 12.5. The van der Waals surface area contributed by atoms with Gasteiger partial charge in [0.15, 0.2) is 0 Å². The number of fused-ring (bicyclic) bond motifs is 1. The Kier molecular flexibility index (Phi) is 3.66. The zero-order chi connectivity index (χ0) is 14.1. The molecule has 0 radical (unpaired) electrons. The Hall–Kier alpha value is -1.55. The average Bonchev–Trinajstić information content (AvgIpc) is 2.91. The molecule has 3 nitrogen and oxygen atoms in total. The van der Waals surface area contributed by atoms with Crippen molar-refractivity contribution in [2.45, 2.75) is 32.2 Å². The molecule has 0 saturated carbocycles. The summed E-state index contributed by atoms with van der Waals surface area (Å²) in [7, 11) is 0. The van der Waals surface area contributed by atoms with Gasteiger partial charge in [-0.3, -0.25) is 4.79 Å². The predicted octanol–water partition coefficient (Wildman–Crippen LogP) is 4.16. The molecule has 1 amide bonds. The van der Waals surface area contributed by atoms with E-state index in [1.54, 1.807) is 6.26 Å². The van der Waals surface area contributed by atoms with Crippen molar-refractivity contribution < 1.29 is 9.21 Å². The zero-order valence-corrected chi connectivity index (χ0v) is 12.9. The summed E-state index contributed by atoms with van der Waals surface area (Å²) in [5, 5.41) is 3.13. The molecule has 20 heavy (non-hydrogen) atoms. The molecule has 0 saturated heterocycles. The Labute approximate surface area is 126 Å². The number of hydrogen-bond donors (Lipinski definition) is 1. The van der Waals surface area contributed by atoms with Crippen LogP contribution in [0.3, 0.4) is 0 Å². The topological polar surface area (TPSA) is 42.2 Å². The van der Waals surface area contributed by atoms with Crippen LogP contribution in [0.2, 0.25) is 0 Å². The molecule has 1 aromatic heterocycles. The summed E-state index contributed by atoms with van der Waals surface area (Å²) in [6, 6.07) is 7.78. The van der Waals surface area contributed by atoms with E-state index < -0.39 is 0 Å². The van der Waals surface area contributed by atoms with Gasteiger partial charge in [-0.15, -0.1) is 0 Å². The lowest BCUT2D eigenvalue weighted by Gasteiger charge is -2.23. The van der Waals surface area contributed by atoms with Crippen LogP contribution in [-0.2, 0) is 6.42 Å². The molecule has 2 aromatic rings. The first kappa shape index (κ1) is 13.4. The fourth-order valence-corrected chi connectivity index (χ4v) is 3.07. The summed E-state index contributed by atoms with van der Waals surface area (Å²) in [5.41, 5.74) is 2.82. The van der Waals surface area contributed by atoms with Gasteiger partial charge < -0.3 is 9.73 Å². The highest BCUT2D eigenvalue weighted by molar-refractivity contribution is 9.10. The maximum atomic E-state index is 12.5. The second-order valence-corrected chi connectivity index (χ2v) is 6.09. The van der Waals surface area contributed by atoms with E-state index >= 15 is 0 Å². The van der Waals surface area contributed by atoms with Crippen molar-refractivity contribution in [3.63, 3.8) is 0 Å². The molecule has 0 fully saturated rings. The molecule has 1 aliphatic carbocycles. The Balaban J connectivity index is 1.82. The van der Waals surface area contributed by atoms with E-state index in [1.807, 2.05) is 31.2 Å². The van der Waals surface area contributed by atoms with Crippen LogP contribution in [0.15, 0.2) is 39.4 Å². The van der Waals surface area contributed by atoms with Gasteiger partial charge in [0, 0.05) is 22.0 Å². The third kappa shape index (κ3) is 2.52. The molecule has 0 aliphatic heterocycles. The van der Waals surface area contributed by atoms with Crippen LogP contribution in [-0.4, -0.2) is 5.91 Å². The van der Waals surface area contributed by atoms with Gasteiger partial charge in [0.2, 0.25) is 0 Å². The van der Waals surface area contributed by atoms with Crippen molar-refractivity contribution >= 4 is 21.8 Å². The largest absolute Gasteiger partial charge is 0.469 e. The average molecular weight is 334 g/mol. The van der Waals surface area contributed by atoms with E-state index in [2.05, 4.69) is 21.2 Å². The molecule has 1 aliphatic rings. The summed E-state index contributed by atoms with van der Waals surface area (Å²) >= 11 is 3.41. The SMILES string of the molecule is Cc1ccc(Br)cc1C(=O)NC1CCCc2occc21. The Morgan fingerprint density at radius 1 is 1.40 bits per heavy atom. The van der Waals surface area contributed by atoms with Crippen LogP contribution >= 0.6 is 15.9 Å². The molecule has 0 spiro atoms. The quantitative estimate of drug-likeness (QED) is 0.896. The van der Waals surface area contributed by atoms with Gasteiger partial charge in [-0.2, -0.15) is 0 Å². The van der Waals surface area contributed by atoms with Gasteiger partial charge >= 0.3 is 0 Å². The Bertz CT molecular complexity index is 648. The minimum Gasteiger partial charge on any atom is -0.469 e. The molecule has 104 valence electrons. The molecule has 1 N–H and O–H groups in total. The van der Waals surface area contributed by atoms with Crippen LogP contribution in [0.25, 0.3) is 0 Å². The number of carbonyl (C=O) groups is 1. The number of aryl methyl sites for hydroxylation is 2. The smallest absolute Gasteiger partial charge is 0.252 e. The first-order valence-corrected chi connectivity index (χ1v) is 7.58. The number of halogens is 1. The molecule has 4 heteroatoms. The molecule has 1 atom stereocenters. The first-order chi connectivity index (χ1) is 9.65. The van der Waals surface area contributed by atoms with Crippen LogP contribution in [0.4, 0.5) is 0 Å². The highest BCUT2D eigenvalue weighted by Gasteiger charge is 2.24. The van der Waals surface area contributed by atoms with Crippen molar-refractivity contribution in [2.24, 2.45) is 0 Å². The molecule has 1 heterocycles. The summed E-state index contributed by atoms with van der Waals surface area (Å²) < 4.78 is 6.38. The summed E-state index contributed by atoms with van der Waals surface area (Å²) in [6.45, 7) is 1.95. The third-order valence-electron chi connectivity index (χ3n) is 3.80. The number of carbonyl (C=O) groups excluding carboxylic acids is 1. The van der Waals surface area contributed by atoms with Gasteiger partial charge in [-0.25, -0.2) is 0 Å². The van der Waals surface area contributed by atoms with Gasteiger partial charge in [0.25, 0.3) is 5.91 Å². The summed E-state index contributed by atoms with van der Waals surface area (Å²) in [6.07, 6.45) is 4.68. The highest BCUT2D eigenvalue weighted by atomic mass is 79.9. The number of benzene rings is 1. The molecule has 1 unspecified atom stereocenters. The number of nitrogens with one attached hydrogen (secondary N) is 1. The van der Waals surface area contributed by atoms with Gasteiger partial charge in [0.05, 0.1) is 12.3 Å². The molecule has 0 bridgehead atoms. The standard InChI is InChI=1S/C16H16BrNO2/c1-10-5-6-11(17)9-13(10)16(19)18-14-3-2-4-15-12(14)7-8-20-15/h5-9,14H,2-4H2,1H3,(H,18,19). The first-order valence-electron chi connectivity index (χ1n) is 6.78. The fourth-order valence-electron chi connectivity index (χ4n) is 2.71. The normalized spacial score (nSPS) is 17.6. The predicted molar refractivity (Wildman–Crippen MR) is 80.7 cm³/mol. The van der Waals surface area contributed by atoms with Gasteiger partial charge in [0.1, 0.15) is 5.76 Å². The zero-order valence-electron chi connectivity index (χ0n) is 11.3. The van der Waals surface area contributed by atoms with Crippen molar-refractivity contribution in [3.8, 4) is 0 Å². The lowest BCUT2D eigenvalue weighted by Crippen LogP contribution is -2.30. The number of rotatable bonds is 2. The van der Waals surface area contributed by atoms with E-state index in [-0.39, 0.29) is 11.9 Å². The highest BCUT2D eigenvalue weighted by Crippen LogP contribution is 2.30. The van der Waals surface area contributed by atoms with Crippen molar-refractivity contribution in [1.82, 2.24) is 5.32 Å². The second kappa shape index (κ2) is 5.44. The molecular formula is C16H16BrNO2. The number of amides is 1. The van der Waals surface area contributed by atoms with Crippen molar-refractivity contribution in [1.29, 1.82) is 0 Å². The number of furan rings is 1. The molecular weight excluding hydrogens is 318 g/mol. The monoisotopic (exact) mass is 333 g/mol. The second-order valence-electron chi connectivity index (χ2n) is 5.18. The van der Waals surface area contributed by atoms with Gasteiger partial charge in [-0.1, -0.05) is 22.0 Å². The van der Waals surface area contributed by atoms with Crippen LogP contribution in [0.5, 0.6) is 0 Å². The summed E-state index contributed by atoms with van der Waals surface area (Å²) in [5.74, 6) is 0.982. The fraction of sp³-hybridized carbons (Fsp3) is 0.312. The van der Waals surface area contributed by atoms with Crippen LogP contribution in [0.1, 0.15) is 46.1 Å². The summed E-state index contributed by atoms with van der Waals surface area (Å²) in [4.78, 5) is 12.5. The third-order valence-corrected chi connectivity index (χ3v) is 4.29. The van der Waals surface area contributed by atoms with E-state index in [0.717, 1.165) is 46.2 Å². The van der Waals surface area contributed by atoms with Crippen LogP contribution < -0.4 is 5.32 Å². The van der Waals surface area contributed by atoms with E-state index in [4.69, 9.17) is 4.42 Å². The van der Waals surface area contributed by atoms with E-state index in [0.29, 0.717) is 0 Å². The lowest BCUT2D eigenvalue weighted by atomic mass is 9.93.